The third-order valence-corrected chi connectivity index (χ3v) is 5.70. The quantitative estimate of drug-likeness (QED) is 0.552. The van der Waals surface area contributed by atoms with Crippen LogP contribution in [-0.2, 0) is 6.54 Å². The molecule has 1 aromatic carbocycles. The number of fused-ring (bicyclic) bond motifs is 1. The number of para-hydroxylation sites is 1. The lowest BCUT2D eigenvalue weighted by Crippen LogP contribution is -1.97. The Morgan fingerprint density at radius 3 is 2.92 bits per heavy atom. The first-order chi connectivity index (χ1) is 11.8. The van der Waals surface area contributed by atoms with Gasteiger partial charge in [-0.15, -0.1) is 11.3 Å². The van der Waals surface area contributed by atoms with Gasteiger partial charge in [0.15, 0.2) is 10.8 Å². The lowest BCUT2D eigenvalue weighted by Gasteiger charge is -1.98. The molecule has 1 fully saturated rings. The van der Waals surface area contributed by atoms with E-state index < -0.39 is 0 Å². The molecule has 4 aromatic rings. The minimum Gasteiger partial charge on any atom is -0.457 e. The van der Waals surface area contributed by atoms with Crippen molar-refractivity contribution in [2.75, 3.05) is 5.32 Å². The van der Waals surface area contributed by atoms with E-state index in [9.17, 15) is 0 Å². The highest BCUT2D eigenvalue weighted by Crippen LogP contribution is 2.39. The summed E-state index contributed by atoms with van der Waals surface area (Å²) in [5.41, 5.74) is 1.01. The van der Waals surface area contributed by atoms with Gasteiger partial charge in [0.2, 0.25) is 5.13 Å². The molecule has 1 aliphatic carbocycles. The zero-order valence-corrected chi connectivity index (χ0v) is 14.4. The summed E-state index contributed by atoms with van der Waals surface area (Å²) in [6, 6.07) is 12.1. The number of nitrogens with one attached hydrogen (secondary N) is 1. The third-order valence-electron chi connectivity index (χ3n) is 3.96. The van der Waals surface area contributed by atoms with E-state index >= 15 is 0 Å². The van der Waals surface area contributed by atoms with Crippen LogP contribution in [0.1, 0.15) is 30.3 Å². The fraction of sp³-hybridized carbons (Fsp3) is 0.235. The highest BCUT2D eigenvalue weighted by molar-refractivity contribution is 7.21. The molecule has 0 spiro atoms. The Hall–Kier alpha value is -2.25. The van der Waals surface area contributed by atoms with Crippen molar-refractivity contribution in [1.29, 1.82) is 0 Å². The van der Waals surface area contributed by atoms with Crippen molar-refractivity contribution < 1.29 is 4.42 Å². The van der Waals surface area contributed by atoms with Gasteiger partial charge in [-0.1, -0.05) is 12.1 Å². The van der Waals surface area contributed by atoms with E-state index in [-0.39, 0.29) is 0 Å². The van der Waals surface area contributed by atoms with Crippen LogP contribution < -0.4 is 5.32 Å². The van der Waals surface area contributed by atoms with Crippen LogP contribution in [0.3, 0.4) is 0 Å². The molecule has 1 saturated carbocycles. The van der Waals surface area contributed by atoms with Gasteiger partial charge in [0, 0.05) is 17.5 Å². The topological polar surface area (TPSA) is 63.8 Å². The van der Waals surface area contributed by atoms with Gasteiger partial charge in [-0.25, -0.2) is 9.97 Å². The second kappa shape index (κ2) is 5.68. The van der Waals surface area contributed by atoms with Crippen LogP contribution in [-0.4, -0.2) is 14.3 Å². The molecule has 1 aliphatic rings. The van der Waals surface area contributed by atoms with Crippen molar-refractivity contribution in [1.82, 2.24) is 14.3 Å². The summed E-state index contributed by atoms with van der Waals surface area (Å²) in [5.74, 6) is 3.25. The Morgan fingerprint density at radius 2 is 2.04 bits per heavy atom. The summed E-state index contributed by atoms with van der Waals surface area (Å²) < 4.78 is 11.5. The van der Waals surface area contributed by atoms with Crippen LogP contribution in [0, 0.1) is 0 Å². The molecule has 0 radical (unpaired) electrons. The van der Waals surface area contributed by atoms with Gasteiger partial charge in [0.25, 0.3) is 0 Å². The molecule has 0 aliphatic heterocycles. The van der Waals surface area contributed by atoms with Crippen LogP contribution in [0.4, 0.5) is 5.13 Å². The number of hydrogen-bond donors (Lipinski definition) is 1. The third kappa shape index (κ3) is 2.70. The summed E-state index contributed by atoms with van der Waals surface area (Å²) in [4.78, 5) is 9.15. The van der Waals surface area contributed by atoms with E-state index in [0.29, 0.717) is 12.5 Å². The summed E-state index contributed by atoms with van der Waals surface area (Å²) in [6.07, 6.45) is 2.44. The molecular weight excluding hydrogens is 340 g/mol. The van der Waals surface area contributed by atoms with Gasteiger partial charge in [0.05, 0.1) is 16.8 Å². The molecule has 3 aromatic heterocycles. The SMILES string of the molecule is c1ccc2sc(-c3ccc(CNc4nc(C5CC5)ns4)o3)nc2c1. The molecule has 1 N–H and O–H groups in total. The predicted molar refractivity (Wildman–Crippen MR) is 96.5 cm³/mol. The smallest absolute Gasteiger partial charge is 0.202 e. The van der Waals surface area contributed by atoms with Crippen molar-refractivity contribution in [3.05, 3.63) is 48.0 Å². The van der Waals surface area contributed by atoms with Crippen molar-refractivity contribution in [3.63, 3.8) is 0 Å². The average Bonchev–Trinajstić information content (AvgIpc) is 3.04. The van der Waals surface area contributed by atoms with E-state index in [1.165, 1.54) is 29.1 Å². The Morgan fingerprint density at radius 1 is 1.12 bits per heavy atom. The number of benzene rings is 1. The first-order valence-electron chi connectivity index (χ1n) is 7.87. The maximum absolute atomic E-state index is 5.93. The number of aromatic nitrogens is 3. The summed E-state index contributed by atoms with van der Waals surface area (Å²) in [7, 11) is 0. The van der Waals surface area contributed by atoms with Gasteiger partial charge < -0.3 is 9.73 Å². The predicted octanol–water partition coefficient (Wildman–Crippen LogP) is 4.90. The molecule has 24 heavy (non-hydrogen) atoms. The maximum atomic E-state index is 5.93. The van der Waals surface area contributed by atoms with E-state index in [4.69, 9.17) is 4.42 Å². The van der Waals surface area contributed by atoms with Gasteiger partial charge in [-0.05, 0) is 37.1 Å². The summed E-state index contributed by atoms with van der Waals surface area (Å²) in [6.45, 7) is 0.601. The zero-order valence-electron chi connectivity index (χ0n) is 12.7. The Balaban J connectivity index is 1.31. The van der Waals surface area contributed by atoms with Crippen molar-refractivity contribution >= 4 is 38.2 Å². The number of anilines is 1. The van der Waals surface area contributed by atoms with Gasteiger partial charge in [-0.3, -0.25) is 0 Å². The summed E-state index contributed by atoms with van der Waals surface area (Å²) >= 11 is 3.07. The molecule has 5 nitrogen and oxygen atoms in total. The number of nitrogens with zero attached hydrogens (tertiary/aromatic N) is 3. The minimum absolute atomic E-state index is 0.589. The second-order valence-corrected chi connectivity index (χ2v) is 7.62. The van der Waals surface area contributed by atoms with Crippen molar-refractivity contribution in [2.45, 2.75) is 25.3 Å². The first-order valence-corrected chi connectivity index (χ1v) is 9.46. The molecule has 0 atom stereocenters. The standard InChI is InChI=1S/C17H14N4OS2/c1-2-4-14-12(3-1)19-16(23-14)13-8-7-11(22-13)9-18-17-20-15(21-24-17)10-5-6-10/h1-4,7-8,10H,5-6,9H2,(H,18,20,21). The molecule has 120 valence electrons. The highest BCUT2D eigenvalue weighted by Gasteiger charge is 2.27. The fourth-order valence-corrected chi connectivity index (χ4v) is 4.11. The molecule has 5 rings (SSSR count). The van der Waals surface area contributed by atoms with E-state index in [2.05, 4.69) is 25.7 Å². The van der Waals surface area contributed by atoms with E-state index in [1.54, 1.807) is 11.3 Å². The van der Waals surface area contributed by atoms with Gasteiger partial charge >= 0.3 is 0 Å². The van der Waals surface area contributed by atoms with Crippen molar-refractivity contribution in [3.8, 4) is 10.8 Å². The Labute approximate surface area is 146 Å². The van der Waals surface area contributed by atoms with Crippen LogP contribution in [0.25, 0.3) is 21.0 Å². The second-order valence-electron chi connectivity index (χ2n) is 5.84. The van der Waals surface area contributed by atoms with Crippen LogP contribution in [0.5, 0.6) is 0 Å². The number of hydrogen-bond acceptors (Lipinski definition) is 7. The van der Waals surface area contributed by atoms with Crippen LogP contribution >= 0.6 is 22.9 Å². The summed E-state index contributed by atoms with van der Waals surface area (Å²) in [5, 5.41) is 5.06. The lowest BCUT2D eigenvalue weighted by atomic mass is 10.3. The monoisotopic (exact) mass is 354 g/mol. The minimum atomic E-state index is 0.589. The average molecular weight is 354 g/mol. The number of rotatable bonds is 5. The normalized spacial score (nSPS) is 14.3. The fourth-order valence-electron chi connectivity index (χ4n) is 2.54. The Bertz CT molecular complexity index is 966. The zero-order chi connectivity index (χ0) is 15.9. The van der Waals surface area contributed by atoms with Crippen molar-refractivity contribution in [2.24, 2.45) is 0 Å². The van der Waals surface area contributed by atoms with E-state index in [1.807, 2.05) is 30.3 Å². The van der Waals surface area contributed by atoms with Gasteiger partial charge in [-0.2, -0.15) is 4.37 Å². The molecule has 0 amide bonds. The first kappa shape index (κ1) is 14.1. The molecule has 7 heteroatoms. The lowest BCUT2D eigenvalue weighted by molar-refractivity contribution is 0.531. The highest BCUT2D eigenvalue weighted by atomic mass is 32.1. The molecular formula is C17H14N4OS2. The Kier molecular flexibility index (Phi) is 3.34. The molecule has 0 unspecified atom stereocenters. The number of furan rings is 1. The molecule has 0 saturated heterocycles. The van der Waals surface area contributed by atoms with Crippen LogP contribution in [0.2, 0.25) is 0 Å². The number of thiazole rings is 1. The van der Waals surface area contributed by atoms with E-state index in [0.717, 1.165) is 33.0 Å². The molecule has 0 bridgehead atoms. The van der Waals surface area contributed by atoms with Crippen LogP contribution in [0.15, 0.2) is 40.8 Å². The largest absolute Gasteiger partial charge is 0.457 e. The maximum Gasteiger partial charge on any atom is 0.202 e. The molecule has 3 heterocycles. The van der Waals surface area contributed by atoms with Gasteiger partial charge in [0.1, 0.15) is 11.6 Å².